The smallest absolute Gasteiger partial charge is 0.255 e. The summed E-state index contributed by atoms with van der Waals surface area (Å²) < 4.78 is 12.3. The molecule has 6 heteroatoms. The largest absolute Gasteiger partial charge is 0.377 e. The Morgan fingerprint density at radius 2 is 2.20 bits per heavy atom. The van der Waals surface area contributed by atoms with Crippen LogP contribution in [0.15, 0.2) is 24.5 Å². The highest BCUT2D eigenvalue weighted by atomic mass is 16.6. The number of likely N-dealkylation sites (tertiary alicyclic amines) is 1. The summed E-state index contributed by atoms with van der Waals surface area (Å²) in [7, 11) is 0. The van der Waals surface area contributed by atoms with Gasteiger partial charge in [-0.05, 0) is 50.9 Å². The van der Waals surface area contributed by atoms with Crippen molar-refractivity contribution in [3.8, 4) is 0 Å². The molecule has 1 amide bonds. The number of pyridine rings is 1. The first-order valence-electron chi connectivity index (χ1n) is 9.41. The molecule has 0 saturated carbocycles. The molecule has 3 fully saturated rings. The minimum absolute atomic E-state index is 0.0181. The van der Waals surface area contributed by atoms with Gasteiger partial charge in [-0.15, -0.1) is 0 Å². The van der Waals surface area contributed by atoms with Gasteiger partial charge in [0.15, 0.2) is 0 Å². The lowest BCUT2D eigenvalue weighted by Gasteiger charge is -2.32. The van der Waals surface area contributed by atoms with Crippen molar-refractivity contribution in [1.29, 1.82) is 0 Å². The van der Waals surface area contributed by atoms with Gasteiger partial charge >= 0.3 is 0 Å². The zero-order valence-corrected chi connectivity index (χ0v) is 14.7. The van der Waals surface area contributed by atoms with E-state index in [1.165, 1.54) is 25.9 Å². The Morgan fingerprint density at radius 1 is 1.32 bits per heavy atom. The highest BCUT2D eigenvalue weighted by molar-refractivity contribution is 5.93. The number of nitrogens with zero attached hydrogens (tertiary/aromatic N) is 3. The Labute approximate surface area is 149 Å². The number of hydrogen-bond donors (Lipinski definition) is 0. The third-order valence-corrected chi connectivity index (χ3v) is 5.54. The van der Waals surface area contributed by atoms with Crippen LogP contribution in [-0.4, -0.2) is 78.3 Å². The number of aromatic nitrogens is 1. The van der Waals surface area contributed by atoms with Crippen LogP contribution >= 0.6 is 0 Å². The van der Waals surface area contributed by atoms with Crippen LogP contribution in [0, 0.1) is 0 Å². The van der Waals surface area contributed by atoms with Crippen molar-refractivity contribution in [1.82, 2.24) is 14.8 Å². The highest BCUT2D eigenvalue weighted by Gasteiger charge is 2.44. The molecule has 1 aromatic rings. The van der Waals surface area contributed by atoms with Crippen LogP contribution in [0.2, 0.25) is 0 Å². The first-order valence-corrected chi connectivity index (χ1v) is 9.41. The molecule has 136 valence electrons. The third kappa shape index (κ3) is 3.86. The molecule has 0 N–H and O–H groups in total. The van der Waals surface area contributed by atoms with Crippen LogP contribution in [0.3, 0.4) is 0 Å². The molecule has 0 radical (unpaired) electrons. The van der Waals surface area contributed by atoms with Gasteiger partial charge in [-0.3, -0.25) is 9.78 Å². The predicted octanol–water partition coefficient (Wildman–Crippen LogP) is 1.57. The average Bonchev–Trinajstić information content (AvgIpc) is 3.23. The van der Waals surface area contributed by atoms with E-state index in [1.807, 2.05) is 11.0 Å². The summed E-state index contributed by atoms with van der Waals surface area (Å²) in [6.45, 7) is 5.75. The highest BCUT2D eigenvalue weighted by Crippen LogP contribution is 2.34. The number of carbonyl (C=O) groups excluding carboxylic acids is 1. The summed E-state index contributed by atoms with van der Waals surface area (Å²) in [5.41, 5.74) is 0.282. The SMILES string of the molecule is O=C(c1cccnc1)N1CCOCC2(CCC(CN3CCCC3)O2)C1. The van der Waals surface area contributed by atoms with E-state index >= 15 is 0 Å². The molecule has 0 bridgehead atoms. The molecule has 6 nitrogen and oxygen atoms in total. The fourth-order valence-electron chi connectivity index (χ4n) is 4.25. The Hall–Kier alpha value is -1.50. The van der Waals surface area contributed by atoms with Crippen molar-refractivity contribution in [3.63, 3.8) is 0 Å². The van der Waals surface area contributed by atoms with Crippen LogP contribution in [-0.2, 0) is 9.47 Å². The Kier molecular flexibility index (Phi) is 5.01. The molecule has 3 aliphatic rings. The lowest BCUT2D eigenvalue weighted by molar-refractivity contribution is -0.0890. The standard InChI is InChI=1S/C19H27N3O3/c23-18(16-4-3-7-20-12-16)22-10-11-24-15-19(14-22)6-5-17(25-19)13-21-8-1-2-9-21/h3-4,7,12,17H,1-2,5-6,8-11,13-15H2. The molecular formula is C19H27N3O3. The van der Waals surface area contributed by atoms with E-state index in [2.05, 4.69) is 9.88 Å². The first kappa shape index (κ1) is 16.9. The molecular weight excluding hydrogens is 318 g/mol. The zero-order chi connectivity index (χ0) is 17.1. The van der Waals surface area contributed by atoms with Crippen molar-refractivity contribution < 1.29 is 14.3 Å². The molecule has 4 heterocycles. The lowest BCUT2D eigenvalue weighted by atomic mass is 9.99. The Morgan fingerprint density at radius 3 is 3.00 bits per heavy atom. The minimum atomic E-state index is -0.348. The van der Waals surface area contributed by atoms with Gasteiger partial charge in [-0.2, -0.15) is 0 Å². The predicted molar refractivity (Wildman–Crippen MR) is 93.5 cm³/mol. The summed E-state index contributed by atoms with van der Waals surface area (Å²) in [6.07, 6.45) is 8.19. The van der Waals surface area contributed by atoms with Gasteiger partial charge in [-0.25, -0.2) is 0 Å². The van der Waals surface area contributed by atoms with E-state index in [0.717, 1.165) is 19.4 Å². The number of rotatable bonds is 3. The van der Waals surface area contributed by atoms with E-state index in [-0.39, 0.29) is 17.6 Å². The van der Waals surface area contributed by atoms with Crippen LogP contribution in [0.5, 0.6) is 0 Å². The van der Waals surface area contributed by atoms with Crippen molar-refractivity contribution in [2.24, 2.45) is 0 Å². The topological polar surface area (TPSA) is 54.9 Å². The molecule has 4 rings (SSSR count). The molecule has 25 heavy (non-hydrogen) atoms. The quantitative estimate of drug-likeness (QED) is 0.832. The summed E-state index contributed by atoms with van der Waals surface area (Å²) >= 11 is 0. The fraction of sp³-hybridized carbons (Fsp3) is 0.684. The number of carbonyl (C=O) groups is 1. The van der Waals surface area contributed by atoms with E-state index in [0.29, 0.717) is 31.9 Å². The normalized spacial score (nSPS) is 30.7. The molecule has 1 spiro atoms. The Balaban J connectivity index is 1.42. The first-order chi connectivity index (χ1) is 12.2. The molecule has 1 aromatic heterocycles. The van der Waals surface area contributed by atoms with Crippen LogP contribution in [0.25, 0.3) is 0 Å². The van der Waals surface area contributed by atoms with Crippen molar-refractivity contribution in [2.75, 3.05) is 45.9 Å². The minimum Gasteiger partial charge on any atom is -0.377 e. The van der Waals surface area contributed by atoms with E-state index < -0.39 is 0 Å². The van der Waals surface area contributed by atoms with Gasteiger partial charge in [0, 0.05) is 25.5 Å². The van der Waals surface area contributed by atoms with E-state index in [9.17, 15) is 4.79 Å². The second kappa shape index (κ2) is 7.40. The van der Waals surface area contributed by atoms with Gasteiger partial charge in [0.25, 0.3) is 5.91 Å². The van der Waals surface area contributed by atoms with Gasteiger partial charge < -0.3 is 19.3 Å². The van der Waals surface area contributed by atoms with Gasteiger partial charge in [0.2, 0.25) is 0 Å². The second-order valence-corrected chi connectivity index (χ2v) is 7.49. The summed E-state index contributed by atoms with van der Waals surface area (Å²) in [5, 5.41) is 0. The number of ether oxygens (including phenoxy) is 2. The van der Waals surface area contributed by atoms with Crippen LogP contribution < -0.4 is 0 Å². The maximum Gasteiger partial charge on any atom is 0.255 e. The molecule has 2 unspecified atom stereocenters. The van der Waals surface area contributed by atoms with E-state index in [1.54, 1.807) is 18.5 Å². The van der Waals surface area contributed by atoms with Crippen molar-refractivity contribution in [2.45, 2.75) is 37.4 Å². The summed E-state index contributed by atoms with van der Waals surface area (Å²) in [4.78, 5) is 21.3. The molecule has 3 saturated heterocycles. The lowest BCUT2D eigenvalue weighted by Crippen LogP contribution is -2.47. The fourth-order valence-corrected chi connectivity index (χ4v) is 4.25. The maximum absolute atomic E-state index is 12.8. The van der Waals surface area contributed by atoms with Crippen LogP contribution in [0.4, 0.5) is 0 Å². The maximum atomic E-state index is 12.8. The molecule has 0 aliphatic carbocycles. The number of amides is 1. The zero-order valence-electron chi connectivity index (χ0n) is 14.7. The van der Waals surface area contributed by atoms with Gasteiger partial charge in [0.05, 0.1) is 31.4 Å². The summed E-state index contributed by atoms with van der Waals surface area (Å²) in [5.74, 6) is 0.0181. The van der Waals surface area contributed by atoms with Crippen molar-refractivity contribution >= 4 is 5.91 Å². The molecule has 2 atom stereocenters. The Bertz CT molecular complexity index is 591. The molecule has 0 aromatic carbocycles. The third-order valence-electron chi connectivity index (χ3n) is 5.54. The second-order valence-electron chi connectivity index (χ2n) is 7.49. The monoisotopic (exact) mass is 345 g/mol. The van der Waals surface area contributed by atoms with E-state index in [4.69, 9.17) is 9.47 Å². The van der Waals surface area contributed by atoms with Crippen LogP contribution in [0.1, 0.15) is 36.0 Å². The van der Waals surface area contributed by atoms with Gasteiger partial charge in [0.1, 0.15) is 5.60 Å². The number of hydrogen-bond acceptors (Lipinski definition) is 5. The average molecular weight is 345 g/mol. The van der Waals surface area contributed by atoms with Gasteiger partial charge in [-0.1, -0.05) is 0 Å². The molecule has 3 aliphatic heterocycles. The summed E-state index contributed by atoms with van der Waals surface area (Å²) in [6, 6.07) is 3.62. The van der Waals surface area contributed by atoms with Crippen molar-refractivity contribution in [3.05, 3.63) is 30.1 Å².